The van der Waals surface area contributed by atoms with Gasteiger partial charge in [0.2, 0.25) is 0 Å². The number of amides is 2. The zero-order valence-corrected chi connectivity index (χ0v) is 22.0. The lowest BCUT2D eigenvalue weighted by Gasteiger charge is -2.23. The third-order valence-corrected chi connectivity index (χ3v) is 6.39. The minimum Gasteiger partial charge on any atom is -0.497 e. The van der Waals surface area contributed by atoms with Gasteiger partial charge in [0.15, 0.2) is 0 Å². The van der Waals surface area contributed by atoms with Gasteiger partial charge in [-0.15, -0.1) is 0 Å². The maximum absolute atomic E-state index is 12.5. The quantitative estimate of drug-likeness (QED) is 0.467. The SMILES string of the molecule is COc1cc(NC(=O)Nc2ccc(N3CCCN(Cc4ccc(N(C)C)cc4)CC3)nc2)cc(OC)c1. The monoisotopic (exact) mass is 504 g/mol. The standard InChI is InChI=1S/C28H36N6O3/c1-32(2)24-9-6-21(7-10-24)20-33-12-5-13-34(15-14-33)27-11-8-22(19-29-27)30-28(35)31-23-16-25(36-3)18-26(17-23)37-4/h6-11,16-19H,5,12-15,20H2,1-4H3,(H2,30,31,35). The van der Waals surface area contributed by atoms with Crippen molar-refractivity contribution in [2.75, 3.05) is 74.9 Å². The van der Waals surface area contributed by atoms with E-state index in [1.54, 1.807) is 38.6 Å². The maximum Gasteiger partial charge on any atom is 0.323 e. The molecule has 0 unspecified atom stereocenters. The van der Waals surface area contributed by atoms with Crippen LogP contribution in [-0.2, 0) is 6.54 Å². The number of anilines is 4. The third-order valence-electron chi connectivity index (χ3n) is 6.39. The van der Waals surface area contributed by atoms with Crippen LogP contribution in [0.25, 0.3) is 0 Å². The number of hydrogen-bond donors (Lipinski definition) is 2. The molecule has 1 fully saturated rings. The summed E-state index contributed by atoms with van der Waals surface area (Å²) in [6.45, 7) is 4.85. The number of ether oxygens (including phenoxy) is 2. The van der Waals surface area contributed by atoms with Gasteiger partial charge in [-0.2, -0.15) is 0 Å². The first-order valence-corrected chi connectivity index (χ1v) is 12.4. The second-order valence-electron chi connectivity index (χ2n) is 9.26. The lowest BCUT2D eigenvalue weighted by atomic mass is 10.2. The number of aromatic nitrogens is 1. The minimum absolute atomic E-state index is 0.367. The van der Waals surface area contributed by atoms with Gasteiger partial charge in [0.25, 0.3) is 0 Å². The van der Waals surface area contributed by atoms with E-state index in [9.17, 15) is 4.79 Å². The molecule has 2 heterocycles. The van der Waals surface area contributed by atoms with Crippen LogP contribution in [0, 0.1) is 0 Å². The van der Waals surface area contributed by atoms with Crippen LogP contribution in [0.5, 0.6) is 11.5 Å². The van der Waals surface area contributed by atoms with Gasteiger partial charge in [-0.3, -0.25) is 4.90 Å². The molecular weight excluding hydrogens is 468 g/mol. The fourth-order valence-electron chi connectivity index (χ4n) is 4.34. The number of benzene rings is 2. The number of nitrogens with one attached hydrogen (secondary N) is 2. The molecule has 2 aromatic carbocycles. The molecule has 1 aliphatic rings. The number of hydrogen-bond acceptors (Lipinski definition) is 7. The highest BCUT2D eigenvalue weighted by Gasteiger charge is 2.17. The largest absolute Gasteiger partial charge is 0.497 e. The van der Waals surface area contributed by atoms with Crippen molar-refractivity contribution < 1.29 is 14.3 Å². The van der Waals surface area contributed by atoms with Crippen molar-refractivity contribution in [3.05, 3.63) is 66.4 Å². The summed E-state index contributed by atoms with van der Waals surface area (Å²) >= 11 is 0. The first kappa shape index (κ1) is 26.1. The second-order valence-corrected chi connectivity index (χ2v) is 9.26. The van der Waals surface area contributed by atoms with E-state index in [4.69, 9.17) is 9.47 Å². The molecule has 9 heteroatoms. The average molecular weight is 505 g/mol. The first-order valence-electron chi connectivity index (χ1n) is 12.4. The van der Waals surface area contributed by atoms with Crippen molar-refractivity contribution in [1.29, 1.82) is 0 Å². The van der Waals surface area contributed by atoms with Gasteiger partial charge in [-0.25, -0.2) is 9.78 Å². The molecule has 0 aliphatic carbocycles. The average Bonchev–Trinajstić information content (AvgIpc) is 3.14. The Morgan fingerprint density at radius 3 is 2.22 bits per heavy atom. The zero-order valence-electron chi connectivity index (χ0n) is 22.0. The van der Waals surface area contributed by atoms with E-state index < -0.39 is 0 Å². The van der Waals surface area contributed by atoms with E-state index in [1.807, 2.05) is 12.1 Å². The second kappa shape index (κ2) is 12.3. The number of carbonyl (C=O) groups is 1. The highest BCUT2D eigenvalue weighted by molar-refractivity contribution is 5.99. The van der Waals surface area contributed by atoms with Gasteiger partial charge in [0, 0.05) is 76.4 Å². The van der Waals surface area contributed by atoms with E-state index in [0.29, 0.717) is 22.9 Å². The van der Waals surface area contributed by atoms with Crippen LogP contribution in [-0.4, -0.2) is 70.4 Å². The Morgan fingerprint density at radius 2 is 1.59 bits per heavy atom. The number of pyridine rings is 1. The molecule has 0 spiro atoms. The van der Waals surface area contributed by atoms with Crippen molar-refractivity contribution in [3.63, 3.8) is 0 Å². The molecule has 9 nitrogen and oxygen atoms in total. The van der Waals surface area contributed by atoms with E-state index in [1.165, 1.54) is 11.3 Å². The summed E-state index contributed by atoms with van der Waals surface area (Å²) < 4.78 is 10.5. The number of rotatable bonds is 8. The zero-order chi connectivity index (χ0) is 26.2. The lowest BCUT2D eigenvalue weighted by molar-refractivity contribution is 0.262. The van der Waals surface area contributed by atoms with Crippen LogP contribution in [0.2, 0.25) is 0 Å². The summed E-state index contributed by atoms with van der Waals surface area (Å²) in [4.78, 5) is 24.0. The van der Waals surface area contributed by atoms with Gasteiger partial charge in [-0.05, 0) is 36.2 Å². The molecule has 4 rings (SSSR count). The van der Waals surface area contributed by atoms with Crippen LogP contribution < -0.4 is 29.9 Å². The summed E-state index contributed by atoms with van der Waals surface area (Å²) in [7, 11) is 7.25. The van der Waals surface area contributed by atoms with E-state index >= 15 is 0 Å². The number of nitrogens with zero attached hydrogens (tertiary/aromatic N) is 4. The molecule has 0 atom stereocenters. The molecule has 2 N–H and O–H groups in total. The summed E-state index contributed by atoms with van der Waals surface area (Å²) in [5, 5.41) is 5.63. The predicted octanol–water partition coefficient (Wildman–Crippen LogP) is 4.52. The molecule has 1 aliphatic heterocycles. The third kappa shape index (κ3) is 7.27. The smallest absolute Gasteiger partial charge is 0.323 e. The normalized spacial score (nSPS) is 14.0. The number of methoxy groups -OCH3 is 2. The van der Waals surface area contributed by atoms with Gasteiger partial charge in [-0.1, -0.05) is 12.1 Å². The van der Waals surface area contributed by atoms with E-state index in [-0.39, 0.29) is 6.03 Å². The molecule has 2 amide bonds. The van der Waals surface area contributed by atoms with Crippen LogP contribution in [0.3, 0.4) is 0 Å². The fourth-order valence-corrected chi connectivity index (χ4v) is 4.34. The summed E-state index contributed by atoms with van der Waals surface area (Å²) in [5.41, 5.74) is 3.74. The molecule has 0 bridgehead atoms. The number of carbonyl (C=O) groups excluding carboxylic acids is 1. The minimum atomic E-state index is -0.367. The van der Waals surface area contributed by atoms with Crippen LogP contribution in [0.15, 0.2) is 60.8 Å². The number of urea groups is 1. The van der Waals surface area contributed by atoms with Crippen LogP contribution in [0.4, 0.5) is 27.7 Å². The van der Waals surface area contributed by atoms with Crippen molar-refractivity contribution >= 4 is 28.9 Å². The predicted molar refractivity (Wildman–Crippen MR) is 149 cm³/mol. The Labute approximate surface area is 219 Å². The van der Waals surface area contributed by atoms with Crippen molar-refractivity contribution in [1.82, 2.24) is 9.88 Å². The van der Waals surface area contributed by atoms with E-state index in [2.05, 4.69) is 68.7 Å². The lowest BCUT2D eigenvalue weighted by Crippen LogP contribution is -2.31. The highest BCUT2D eigenvalue weighted by Crippen LogP contribution is 2.26. The van der Waals surface area contributed by atoms with Crippen molar-refractivity contribution in [2.45, 2.75) is 13.0 Å². The van der Waals surface area contributed by atoms with Gasteiger partial charge in [0.1, 0.15) is 17.3 Å². The van der Waals surface area contributed by atoms with Crippen LogP contribution in [0.1, 0.15) is 12.0 Å². The van der Waals surface area contributed by atoms with Crippen molar-refractivity contribution in [3.8, 4) is 11.5 Å². The Hall–Kier alpha value is -3.98. The first-order chi connectivity index (χ1) is 17.9. The molecule has 0 radical (unpaired) electrons. The molecule has 37 heavy (non-hydrogen) atoms. The molecule has 0 saturated carbocycles. The molecule has 1 aromatic heterocycles. The molecule has 1 saturated heterocycles. The van der Waals surface area contributed by atoms with Crippen LogP contribution >= 0.6 is 0 Å². The van der Waals surface area contributed by atoms with Gasteiger partial charge in [0.05, 0.1) is 26.1 Å². The molecular formula is C28H36N6O3. The maximum atomic E-state index is 12.5. The Kier molecular flexibility index (Phi) is 8.68. The van der Waals surface area contributed by atoms with E-state index in [0.717, 1.165) is 45.0 Å². The van der Waals surface area contributed by atoms with Gasteiger partial charge >= 0.3 is 6.03 Å². The summed E-state index contributed by atoms with van der Waals surface area (Å²) in [5.74, 6) is 2.11. The highest BCUT2D eigenvalue weighted by atomic mass is 16.5. The van der Waals surface area contributed by atoms with Gasteiger partial charge < -0.3 is 29.9 Å². The topological polar surface area (TPSA) is 82.2 Å². The summed E-state index contributed by atoms with van der Waals surface area (Å²) in [6.07, 6.45) is 2.76. The van der Waals surface area contributed by atoms with Crippen molar-refractivity contribution in [2.24, 2.45) is 0 Å². The Balaban J connectivity index is 1.29. The Morgan fingerprint density at radius 1 is 0.892 bits per heavy atom. The molecule has 3 aromatic rings. The fraction of sp³-hybridized carbons (Fsp3) is 0.357. The molecule has 196 valence electrons. The summed E-state index contributed by atoms with van der Waals surface area (Å²) in [6, 6.07) is 17.4. The Bertz CT molecular complexity index is 1150.